The lowest BCUT2D eigenvalue weighted by Gasteiger charge is -2.12. The van der Waals surface area contributed by atoms with E-state index in [4.69, 9.17) is 9.88 Å². The molecular formula is C15H11NO2. The highest BCUT2D eigenvalue weighted by atomic mass is 17.3. The first-order valence-electron chi connectivity index (χ1n) is 5.68. The minimum absolute atomic E-state index is 0.657. The van der Waals surface area contributed by atoms with Gasteiger partial charge in [0.2, 0.25) is 0 Å². The topological polar surface area (TPSA) is 30.8 Å². The Hall–Kier alpha value is -2.55. The summed E-state index contributed by atoms with van der Waals surface area (Å²) < 4.78 is 0. The van der Waals surface area contributed by atoms with Gasteiger partial charge in [0.05, 0.1) is 0 Å². The van der Waals surface area contributed by atoms with Crippen molar-refractivity contribution in [2.75, 3.05) is 0 Å². The SMILES string of the molecule is C1=C(c2ccccc2)OON=C1c1ccccc1. The van der Waals surface area contributed by atoms with Crippen molar-refractivity contribution >= 4 is 11.5 Å². The predicted octanol–water partition coefficient (Wildman–Crippen LogP) is 3.39. The van der Waals surface area contributed by atoms with Crippen LogP contribution in [0.2, 0.25) is 0 Å². The van der Waals surface area contributed by atoms with Crippen LogP contribution in [0.25, 0.3) is 5.76 Å². The summed E-state index contributed by atoms with van der Waals surface area (Å²) in [4.78, 5) is 9.91. The molecule has 3 heteroatoms. The monoisotopic (exact) mass is 237 g/mol. The zero-order valence-electron chi connectivity index (χ0n) is 9.61. The molecule has 0 bridgehead atoms. The number of oxime groups is 1. The molecule has 0 amide bonds. The van der Waals surface area contributed by atoms with E-state index in [9.17, 15) is 0 Å². The summed E-state index contributed by atoms with van der Waals surface area (Å²) in [5.74, 6) is 0.657. The van der Waals surface area contributed by atoms with Crippen LogP contribution in [0, 0.1) is 0 Å². The number of nitrogens with zero attached hydrogens (tertiary/aromatic N) is 1. The Morgan fingerprint density at radius 1 is 0.722 bits per heavy atom. The number of benzene rings is 2. The van der Waals surface area contributed by atoms with Crippen LogP contribution in [0.5, 0.6) is 0 Å². The maximum Gasteiger partial charge on any atom is 0.190 e. The molecule has 0 spiro atoms. The molecule has 2 aromatic rings. The lowest BCUT2D eigenvalue weighted by molar-refractivity contribution is -0.237. The molecular weight excluding hydrogens is 226 g/mol. The molecule has 2 aromatic carbocycles. The van der Waals surface area contributed by atoms with E-state index in [-0.39, 0.29) is 0 Å². The van der Waals surface area contributed by atoms with Gasteiger partial charge in [0.25, 0.3) is 0 Å². The van der Waals surface area contributed by atoms with Crippen molar-refractivity contribution in [1.82, 2.24) is 0 Å². The summed E-state index contributed by atoms with van der Waals surface area (Å²) in [6, 6.07) is 19.6. The van der Waals surface area contributed by atoms with Crippen LogP contribution >= 0.6 is 0 Å². The molecule has 0 fully saturated rings. The van der Waals surface area contributed by atoms with E-state index in [1.54, 1.807) is 0 Å². The third kappa shape index (κ3) is 2.11. The smallest absolute Gasteiger partial charge is 0.190 e. The van der Waals surface area contributed by atoms with Gasteiger partial charge in [0.1, 0.15) is 5.71 Å². The largest absolute Gasteiger partial charge is 0.267 e. The molecule has 0 radical (unpaired) electrons. The van der Waals surface area contributed by atoms with Crippen LogP contribution in [0.3, 0.4) is 0 Å². The third-order valence-electron chi connectivity index (χ3n) is 2.66. The van der Waals surface area contributed by atoms with Crippen molar-refractivity contribution in [2.24, 2.45) is 5.16 Å². The molecule has 1 aliphatic heterocycles. The Morgan fingerprint density at radius 3 is 2.00 bits per heavy atom. The molecule has 0 saturated carbocycles. The molecule has 0 unspecified atom stereocenters. The van der Waals surface area contributed by atoms with Crippen molar-refractivity contribution in [2.45, 2.75) is 0 Å². The fourth-order valence-corrected chi connectivity index (χ4v) is 1.75. The zero-order valence-corrected chi connectivity index (χ0v) is 9.61. The van der Waals surface area contributed by atoms with Gasteiger partial charge in [0.15, 0.2) is 5.76 Å². The average molecular weight is 237 g/mol. The van der Waals surface area contributed by atoms with Crippen molar-refractivity contribution in [3.63, 3.8) is 0 Å². The molecule has 0 aliphatic carbocycles. The Labute approximate surface area is 105 Å². The van der Waals surface area contributed by atoms with Crippen LogP contribution in [0.4, 0.5) is 0 Å². The van der Waals surface area contributed by atoms with Gasteiger partial charge in [0, 0.05) is 17.2 Å². The second-order valence-electron chi connectivity index (χ2n) is 3.88. The van der Waals surface area contributed by atoms with Crippen LogP contribution < -0.4 is 0 Å². The van der Waals surface area contributed by atoms with E-state index < -0.39 is 0 Å². The zero-order chi connectivity index (χ0) is 12.2. The summed E-state index contributed by atoms with van der Waals surface area (Å²) >= 11 is 0. The first-order chi connectivity index (χ1) is 8.93. The van der Waals surface area contributed by atoms with Gasteiger partial charge in [-0.3, -0.25) is 4.89 Å². The van der Waals surface area contributed by atoms with Crippen LogP contribution in [0.15, 0.2) is 71.9 Å². The molecule has 3 nitrogen and oxygen atoms in total. The highest BCUT2D eigenvalue weighted by Crippen LogP contribution is 2.21. The van der Waals surface area contributed by atoms with E-state index in [1.807, 2.05) is 66.7 Å². The van der Waals surface area contributed by atoms with Gasteiger partial charge in [-0.1, -0.05) is 60.7 Å². The lowest BCUT2D eigenvalue weighted by Crippen LogP contribution is -2.06. The van der Waals surface area contributed by atoms with E-state index in [0.29, 0.717) is 5.76 Å². The minimum atomic E-state index is 0.657. The number of allylic oxidation sites excluding steroid dienone is 1. The van der Waals surface area contributed by atoms with Crippen molar-refractivity contribution in [3.05, 3.63) is 77.9 Å². The third-order valence-corrected chi connectivity index (χ3v) is 2.66. The Kier molecular flexibility index (Phi) is 2.80. The van der Waals surface area contributed by atoms with Crippen molar-refractivity contribution in [3.8, 4) is 0 Å². The molecule has 1 heterocycles. The maximum absolute atomic E-state index is 5.09. The lowest BCUT2D eigenvalue weighted by atomic mass is 10.1. The Balaban J connectivity index is 1.95. The van der Waals surface area contributed by atoms with Gasteiger partial charge < -0.3 is 0 Å². The van der Waals surface area contributed by atoms with E-state index >= 15 is 0 Å². The maximum atomic E-state index is 5.09. The molecule has 0 atom stereocenters. The van der Waals surface area contributed by atoms with E-state index in [2.05, 4.69) is 5.16 Å². The van der Waals surface area contributed by atoms with Crippen LogP contribution in [-0.4, -0.2) is 5.71 Å². The summed E-state index contributed by atoms with van der Waals surface area (Å²) in [7, 11) is 0. The standard InChI is InChI=1S/C15H11NO2/c1-3-7-12(8-4-1)14-11-15(17-18-16-14)13-9-5-2-6-10-13/h1-11H. The first-order valence-corrected chi connectivity index (χ1v) is 5.68. The highest BCUT2D eigenvalue weighted by molar-refractivity contribution is 6.11. The number of rotatable bonds is 2. The number of hydrogen-bond donors (Lipinski definition) is 0. The summed E-state index contributed by atoms with van der Waals surface area (Å²) in [6.07, 6.45) is 1.87. The normalized spacial score (nSPS) is 14.0. The quantitative estimate of drug-likeness (QED) is 0.749. The van der Waals surface area contributed by atoms with Gasteiger partial charge in [-0.25, -0.2) is 0 Å². The second kappa shape index (κ2) is 4.75. The fourth-order valence-electron chi connectivity index (χ4n) is 1.75. The highest BCUT2D eigenvalue weighted by Gasteiger charge is 2.13. The second-order valence-corrected chi connectivity index (χ2v) is 3.88. The first kappa shape index (κ1) is 10.6. The van der Waals surface area contributed by atoms with E-state index in [1.165, 1.54) is 0 Å². The summed E-state index contributed by atoms with van der Waals surface area (Å²) in [6.45, 7) is 0. The molecule has 88 valence electrons. The van der Waals surface area contributed by atoms with Crippen molar-refractivity contribution in [1.29, 1.82) is 0 Å². The molecule has 1 aliphatic rings. The summed E-state index contributed by atoms with van der Waals surface area (Å²) in [5, 5.41) is 3.89. The minimum Gasteiger partial charge on any atom is -0.267 e. The molecule has 0 saturated heterocycles. The molecule has 18 heavy (non-hydrogen) atoms. The van der Waals surface area contributed by atoms with Gasteiger partial charge in [-0.2, -0.15) is 4.99 Å². The van der Waals surface area contributed by atoms with Crippen molar-refractivity contribution < 1.29 is 9.88 Å². The van der Waals surface area contributed by atoms with E-state index in [0.717, 1.165) is 16.8 Å². The van der Waals surface area contributed by atoms with Crippen LogP contribution in [0.1, 0.15) is 11.1 Å². The van der Waals surface area contributed by atoms with Gasteiger partial charge in [-0.05, 0) is 5.16 Å². The molecule has 3 rings (SSSR count). The van der Waals surface area contributed by atoms with Gasteiger partial charge >= 0.3 is 0 Å². The van der Waals surface area contributed by atoms with Gasteiger partial charge in [-0.15, -0.1) is 0 Å². The predicted molar refractivity (Wildman–Crippen MR) is 69.6 cm³/mol. The Morgan fingerprint density at radius 2 is 1.33 bits per heavy atom. The van der Waals surface area contributed by atoms with Crippen LogP contribution in [-0.2, 0) is 9.88 Å². The fraction of sp³-hybridized carbons (Fsp3) is 0. The number of hydrogen-bond acceptors (Lipinski definition) is 3. The average Bonchev–Trinajstić information content (AvgIpc) is 2.49. The Bertz CT molecular complexity index is 588. The summed E-state index contributed by atoms with van der Waals surface area (Å²) in [5.41, 5.74) is 2.70. The molecule has 0 aromatic heterocycles. The molecule has 0 N–H and O–H groups in total.